The fourth-order valence-corrected chi connectivity index (χ4v) is 5.04. The molecule has 3 saturated heterocycles. The number of piperazine rings is 1. The van der Waals surface area contributed by atoms with Crippen LogP contribution in [-0.2, 0) is 16.0 Å². The molecular formula is C23H21N5O4. The first kappa shape index (κ1) is 20.0. The van der Waals surface area contributed by atoms with Crippen LogP contribution in [0.3, 0.4) is 0 Å². The molecule has 3 aliphatic rings. The summed E-state index contributed by atoms with van der Waals surface area (Å²) in [5.74, 6) is 0.259. The van der Waals surface area contributed by atoms with E-state index < -0.39 is 12.1 Å². The van der Waals surface area contributed by atoms with E-state index in [0.29, 0.717) is 30.0 Å². The number of ether oxygens (including phenoxy) is 1. The van der Waals surface area contributed by atoms with Crippen molar-refractivity contribution in [2.24, 2.45) is 0 Å². The third-order valence-electron chi connectivity index (χ3n) is 6.50. The molecule has 4 heterocycles. The minimum Gasteiger partial charge on any atom is -0.497 e. The van der Waals surface area contributed by atoms with Crippen molar-refractivity contribution in [3.8, 4) is 11.8 Å². The van der Waals surface area contributed by atoms with Crippen LogP contribution in [0.1, 0.15) is 23.2 Å². The van der Waals surface area contributed by atoms with Gasteiger partial charge < -0.3 is 14.5 Å². The standard InChI is InChI=1S/C23H21N5O4/c1-13-6-15(11-25-18(13)10-24)28-22(30)21-19-9-16(27(21)23(28)31)12-26(19)20(29)8-14-4-3-5-17(7-14)32-2/h3-7,11,16,19,21H,8-9,12H2,1-2H3. The molecule has 0 radical (unpaired) electrons. The van der Waals surface area contributed by atoms with E-state index in [0.717, 1.165) is 10.5 Å². The Bertz CT molecular complexity index is 1190. The third-order valence-corrected chi connectivity index (χ3v) is 6.50. The summed E-state index contributed by atoms with van der Waals surface area (Å²) in [7, 11) is 1.58. The van der Waals surface area contributed by atoms with Gasteiger partial charge in [-0.3, -0.25) is 9.59 Å². The Kier molecular flexibility index (Phi) is 4.59. The van der Waals surface area contributed by atoms with Gasteiger partial charge in [-0.05, 0) is 42.7 Å². The highest BCUT2D eigenvalue weighted by Crippen LogP contribution is 2.42. The molecule has 1 aromatic heterocycles. The highest BCUT2D eigenvalue weighted by Gasteiger charge is 2.62. The Balaban J connectivity index is 1.37. The molecule has 3 fully saturated rings. The summed E-state index contributed by atoms with van der Waals surface area (Å²) in [6.45, 7) is 2.13. The van der Waals surface area contributed by atoms with Crippen molar-refractivity contribution in [1.29, 1.82) is 5.26 Å². The monoisotopic (exact) mass is 431 g/mol. The number of amides is 4. The van der Waals surface area contributed by atoms with Crippen molar-refractivity contribution < 1.29 is 19.1 Å². The third kappa shape index (κ3) is 2.91. The van der Waals surface area contributed by atoms with E-state index >= 15 is 0 Å². The van der Waals surface area contributed by atoms with E-state index in [1.807, 2.05) is 30.3 Å². The van der Waals surface area contributed by atoms with E-state index in [2.05, 4.69) is 4.98 Å². The molecule has 0 aliphatic carbocycles. The van der Waals surface area contributed by atoms with Gasteiger partial charge in [0.05, 0.1) is 37.5 Å². The minimum absolute atomic E-state index is 0.0695. The van der Waals surface area contributed by atoms with Gasteiger partial charge in [-0.2, -0.15) is 5.26 Å². The Labute approximate surface area is 184 Å². The molecule has 3 aliphatic heterocycles. The molecule has 2 bridgehead atoms. The number of rotatable bonds is 4. The van der Waals surface area contributed by atoms with Crippen LogP contribution in [0, 0.1) is 18.3 Å². The number of urea groups is 1. The number of nitriles is 1. The summed E-state index contributed by atoms with van der Waals surface area (Å²) in [5, 5.41) is 9.09. The first-order valence-corrected chi connectivity index (χ1v) is 10.4. The number of benzene rings is 1. The van der Waals surface area contributed by atoms with Crippen molar-refractivity contribution in [2.45, 2.75) is 37.9 Å². The lowest BCUT2D eigenvalue weighted by Crippen LogP contribution is -2.55. The predicted molar refractivity (Wildman–Crippen MR) is 113 cm³/mol. The van der Waals surface area contributed by atoms with Gasteiger partial charge in [0.1, 0.15) is 23.6 Å². The predicted octanol–water partition coefficient (Wildman–Crippen LogP) is 1.63. The van der Waals surface area contributed by atoms with Crippen molar-refractivity contribution in [3.05, 3.63) is 53.3 Å². The highest BCUT2D eigenvalue weighted by molar-refractivity contribution is 6.22. The van der Waals surface area contributed by atoms with Crippen LogP contribution in [0.25, 0.3) is 0 Å². The fraction of sp³-hybridized carbons (Fsp3) is 0.348. The normalized spacial score (nSPS) is 23.5. The average molecular weight is 431 g/mol. The SMILES string of the molecule is COc1cccc(CC(=O)N2CC3CC2C2C(=O)N(c4cnc(C#N)c(C)c4)C(=O)N32)c1. The summed E-state index contributed by atoms with van der Waals surface area (Å²) in [6.07, 6.45) is 2.18. The number of fused-ring (bicyclic) bond motifs is 5. The van der Waals surface area contributed by atoms with Crippen molar-refractivity contribution in [1.82, 2.24) is 14.8 Å². The number of hydrogen-bond acceptors (Lipinski definition) is 6. The first-order chi connectivity index (χ1) is 15.4. The molecule has 0 saturated carbocycles. The molecule has 9 heteroatoms. The van der Waals surface area contributed by atoms with E-state index in [4.69, 9.17) is 10.00 Å². The number of aromatic nitrogens is 1. The van der Waals surface area contributed by atoms with Crippen LogP contribution in [0.15, 0.2) is 36.5 Å². The smallest absolute Gasteiger partial charge is 0.332 e. The maximum Gasteiger partial charge on any atom is 0.332 e. The van der Waals surface area contributed by atoms with Crippen LogP contribution in [-0.4, -0.2) is 64.4 Å². The number of aryl methyl sites for hydroxylation is 1. The minimum atomic E-state index is -0.688. The number of carbonyl (C=O) groups excluding carboxylic acids is 3. The number of pyridine rings is 1. The van der Waals surface area contributed by atoms with Crippen LogP contribution in [0.2, 0.25) is 0 Å². The maximum absolute atomic E-state index is 13.3. The van der Waals surface area contributed by atoms with Crippen LogP contribution >= 0.6 is 0 Å². The number of likely N-dealkylation sites (tertiary alicyclic amines) is 1. The van der Waals surface area contributed by atoms with Gasteiger partial charge in [0.15, 0.2) is 0 Å². The zero-order valence-electron chi connectivity index (χ0n) is 17.7. The first-order valence-electron chi connectivity index (χ1n) is 10.4. The van der Waals surface area contributed by atoms with Crippen molar-refractivity contribution in [3.63, 3.8) is 0 Å². The van der Waals surface area contributed by atoms with Gasteiger partial charge in [-0.1, -0.05) is 12.1 Å². The lowest BCUT2D eigenvalue weighted by molar-refractivity contribution is -0.135. The Morgan fingerprint density at radius 3 is 2.84 bits per heavy atom. The topological polar surface area (TPSA) is 107 Å². The second-order valence-corrected chi connectivity index (χ2v) is 8.31. The fourth-order valence-electron chi connectivity index (χ4n) is 5.04. The number of nitrogens with zero attached hydrogens (tertiary/aromatic N) is 5. The molecule has 5 rings (SSSR count). The molecule has 3 atom stereocenters. The average Bonchev–Trinajstić information content (AvgIpc) is 3.45. The molecule has 0 spiro atoms. The molecule has 3 unspecified atom stereocenters. The summed E-state index contributed by atoms with van der Waals surface area (Å²) < 4.78 is 5.23. The largest absolute Gasteiger partial charge is 0.497 e. The Morgan fingerprint density at radius 2 is 2.12 bits per heavy atom. The molecule has 2 aromatic rings. The molecule has 9 nitrogen and oxygen atoms in total. The van der Waals surface area contributed by atoms with Crippen LogP contribution in [0.4, 0.5) is 10.5 Å². The maximum atomic E-state index is 13.3. The lowest BCUT2D eigenvalue weighted by Gasteiger charge is -2.35. The molecule has 162 valence electrons. The zero-order valence-corrected chi connectivity index (χ0v) is 17.7. The van der Waals surface area contributed by atoms with Gasteiger partial charge >= 0.3 is 6.03 Å². The summed E-state index contributed by atoms with van der Waals surface area (Å²) >= 11 is 0. The number of hydrogen-bond donors (Lipinski definition) is 0. The van der Waals surface area contributed by atoms with Crippen LogP contribution < -0.4 is 9.64 Å². The van der Waals surface area contributed by atoms with E-state index in [9.17, 15) is 14.4 Å². The van der Waals surface area contributed by atoms with Crippen LogP contribution in [0.5, 0.6) is 5.75 Å². The summed E-state index contributed by atoms with van der Waals surface area (Å²) in [5.41, 5.74) is 2.03. The van der Waals surface area contributed by atoms with Gasteiger partial charge in [0.2, 0.25) is 5.91 Å². The molecule has 4 amide bonds. The van der Waals surface area contributed by atoms with Gasteiger partial charge in [0, 0.05) is 6.54 Å². The lowest BCUT2D eigenvalue weighted by atomic mass is 10.1. The number of methoxy groups -OCH3 is 1. The molecule has 1 aromatic carbocycles. The number of anilines is 1. The number of imide groups is 1. The van der Waals surface area contributed by atoms with Gasteiger partial charge in [-0.15, -0.1) is 0 Å². The molecule has 0 N–H and O–H groups in total. The van der Waals surface area contributed by atoms with Gasteiger partial charge in [0.25, 0.3) is 5.91 Å². The van der Waals surface area contributed by atoms with Crippen molar-refractivity contribution >= 4 is 23.5 Å². The van der Waals surface area contributed by atoms with Gasteiger partial charge in [-0.25, -0.2) is 14.7 Å². The zero-order chi connectivity index (χ0) is 22.6. The van der Waals surface area contributed by atoms with Crippen molar-refractivity contribution in [2.75, 3.05) is 18.6 Å². The van der Waals surface area contributed by atoms with E-state index in [-0.39, 0.29) is 36.0 Å². The summed E-state index contributed by atoms with van der Waals surface area (Å²) in [4.78, 5) is 48.0. The quantitative estimate of drug-likeness (QED) is 0.681. The molecule has 32 heavy (non-hydrogen) atoms. The Morgan fingerprint density at radius 1 is 1.31 bits per heavy atom. The van der Waals surface area contributed by atoms with E-state index in [1.165, 1.54) is 6.20 Å². The Hall–Kier alpha value is -3.93. The second kappa shape index (κ2) is 7.34. The number of carbonyl (C=O) groups is 3. The van der Waals surface area contributed by atoms with E-state index in [1.54, 1.807) is 29.9 Å². The summed E-state index contributed by atoms with van der Waals surface area (Å²) in [6, 6.07) is 9.35. The second-order valence-electron chi connectivity index (χ2n) is 8.31. The molecular weight excluding hydrogens is 410 g/mol. The highest BCUT2D eigenvalue weighted by atomic mass is 16.5.